The quantitative estimate of drug-likeness (QED) is 0.216. The summed E-state index contributed by atoms with van der Waals surface area (Å²) in [5.74, 6) is 0. The minimum absolute atomic E-state index is 0.616. The number of rotatable bonds is 8. The van der Waals surface area contributed by atoms with Gasteiger partial charge >= 0.3 is 0 Å². The number of fused-ring (bicyclic) bond motifs is 5. The van der Waals surface area contributed by atoms with E-state index < -0.39 is 16.1 Å². The van der Waals surface area contributed by atoms with E-state index in [1.807, 2.05) is 0 Å². The average molecular weight is 521 g/mol. The summed E-state index contributed by atoms with van der Waals surface area (Å²) in [6, 6.07) is 13.8. The van der Waals surface area contributed by atoms with Crippen molar-refractivity contribution in [1.29, 1.82) is 0 Å². The number of furan rings is 2. The molecule has 0 amide bonds. The Morgan fingerprint density at radius 2 is 0.722 bits per heavy atom. The maximum atomic E-state index is 6.90. The molecule has 0 spiro atoms. The molecule has 0 unspecified atom stereocenters. The van der Waals surface area contributed by atoms with Crippen LogP contribution in [0.15, 0.2) is 45.2 Å². The Balaban J connectivity index is 1.99. The highest BCUT2D eigenvalue weighted by molar-refractivity contribution is 6.94. The molecule has 4 aromatic rings. The molecule has 0 N–H and O–H groups in total. The minimum atomic E-state index is -1.87. The fourth-order valence-electron chi connectivity index (χ4n) is 8.53. The van der Waals surface area contributed by atoms with Gasteiger partial charge in [0.05, 0.1) is 10.8 Å². The highest BCUT2D eigenvalue weighted by Gasteiger charge is 2.48. The van der Waals surface area contributed by atoms with Crippen molar-refractivity contribution in [2.45, 2.75) is 116 Å². The zero-order chi connectivity index (χ0) is 26.7. The normalized spacial score (nSPS) is 13.9. The fourth-order valence-corrected chi connectivity index (χ4v) is 21.3. The number of hydrogen-bond donors (Lipinski definition) is 0. The summed E-state index contributed by atoms with van der Waals surface area (Å²) in [6.07, 6.45) is 0. The van der Waals surface area contributed by atoms with Crippen LogP contribution in [0, 0.1) is 0 Å². The molecule has 4 rings (SSSR count). The number of benzene rings is 2. The highest BCUT2D eigenvalue weighted by atomic mass is 28.3. The van der Waals surface area contributed by atoms with Gasteiger partial charge in [-0.15, -0.1) is 0 Å². The van der Waals surface area contributed by atoms with Crippen molar-refractivity contribution < 1.29 is 8.83 Å². The maximum Gasteiger partial charge on any atom is 0.141 e. The molecule has 0 saturated heterocycles. The van der Waals surface area contributed by atoms with Crippen LogP contribution in [0.2, 0.25) is 33.2 Å². The second kappa shape index (κ2) is 9.51. The molecule has 0 radical (unpaired) electrons. The molecule has 0 bridgehead atoms. The second-order valence-electron chi connectivity index (χ2n) is 13.1. The van der Waals surface area contributed by atoms with Gasteiger partial charge in [0.2, 0.25) is 0 Å². The van der Waals surface area contributed by atoms with E-state index in [1.54, 1.807) is 0 Å². The fraction of sp³-hybridized carbons (Fsp3) is 0.562. The molecule has 0 aliphatic heterocycles. The monoisotopic (exact) mass is 520 g/mol. The van der Waals surface area contributed by atoms with Crippen LogP contribution in [0.4, 0.5) is 0 Å². The van der Waals surface area contributed by atoms with Crippen LogP contribution >= 0.6 is 0 Å². The van der Waals surface area contributed by atoms with Gasteiger partial charge in [-0.05, 0) is 57.5 Å². The summed E-state index contributed by atoms with van der Waals surface area (Å²) in [7, 11) is -3.74. The van der Waals surface area contributed by atoms with E-state index in [-0.39, 0.29) is 0 Å². The van der Waals surface area contributed by atoms with Crippen LogP contribution in [0.3, 0.4) is 0 Å². The molecule has 196 valence electrons. The van der Waals surface area contributed by atoms with E-state index >= 15 is 0 Å². The Hall–Kier alpha value is -1.79. The molecule has 2 heterocycles. The first-order chi connectivity index (χ1) is 16.8. The van der Waals surface area contributed by atoms with E-state index in [0.29, 0.717) is 33.2 Å². The Bertz CT molecular complexity index is 1220. The molecule has 0 saturated carbocycles. The van der Waals surface area contributed by atoms with Gasteiger partial charge in [-0.2, -0.15) is 0 Å². The molecule has 2 aromatic carbocycles. The van der Waals surface area contributed by atoms with Crippen molar-refractivity contribution in [2.75, 3.05) is 0 Å². The van der Waals surface area contributed by atoms with Crippen molar-refractivity contribution in [3.8, 4) is 0 Å². The Morgan fingerprint density at radius 1 is 0.444 bits per heavy atom. The van der Waals surface area contributed by atoms with Gasteiger partial charge in [0.15, 0.2) is 0 Å². The van der Waals surface area contributed by atoms with Crippen molar-refractivity contribution in [3.05, 3.63) is 36.4 Å². The van der Waals surface area contributed by atoms with Crippen molar-refractivity contribution >= 4 is 59.6 Å². The summed E-state index contributed by atoms with van der Waals surface area (Å²) in [5.41, 5.74) is 5.75. The molecule has 0 fully saturated rings. The summed E-state index contributed by atoms with van der Waals surface area (Å²) in [4.78, 5) is 0. The maximum absolute atomic E-state index is 6.90. The van der Waals surface area contributed by atoms with Crippen LogP contribution in [-0.4, -0.2) is 16.1 Å². The zero-order valence-electron chi connectivity index (χ0n) is 24.7. The summed E-state index contributed by atoms with van der Waals surface area (Å²) >= 11 is 0. The third-order valence-corrected chi connectivity index (χ3v) is 23.4. The molecular formula is C32H48O2Si2. The van der Waals surface area contributed by atoms with Gasteiger partial charge in [-0.25, -0.2) is 0 Å². The van der Waals surface area contributed by atoms with Crippen LogP contribution < -0.4 is 10.8 Å². The van der Waals surface area contributed by atoms with E-state index in [1.165, 1.54) is 32.3 Å². The molecule has 0 aliphatic carbocycles. The van der Waals surface area contributed by atoms with Gasteiger partial charge < -0.3 is 8.83 Å². The van der Waals surface area contributed by atoms with Gasteiger partial charge in [0.25, 0.3) is 0 Å². The van der Waals surface area contributed by atoms with Crippen molar-refractivity contribution in [1.82, 2.24) is 0 Å². The first-order valence-corrected chi connectivity index (χ1v) is 18.7. The van der Waals surface area contributed by atoms with Crippen molar-refractivity contribution in [3.63, 3.8) is 0 Å². The standard InChI is InChI=1S/C32H48O2Si2/c1-19(2)35(20(3)4,21(5)6)29-17-25-13-15-28-27(31(25)33-29)16-14-26-18-30(34-32(26)28)36(22(7)8,23(9)10)24(11)12/h13-24H,1-12H3. The van der Waals surface area contributed by atoms with Crippen molar-refractivity contribution in [2.24, 2.45) is 0 Å². The highest BCUT2D eigenvalue weighted by Crippen LogP contribution is 2.44. The topological polar surface area (TPSA) is 26.3 Å². The average Bonchev–Trinajstić information content (AvgIpc) is 3.37. The molecule has 4 heteroatoms. The van der Waals surface area contributed by atoms with Crippen LogP contribution in [0.1, 0.15) is 83.1 Å². The summed E-state index contributed by atoms with van der Waals surface area (Å²) in [5, 5.41) is 7.32. The predicted molar refractivity (Wildman–Crippen MR) is 165 cm³/mol. The Labute approximate surface area is 220 Å². The lowest BCUT2D eigenvalue weighted by Gasteiger charge is -2.41. The van der Waals surface area contributed by atoms with Gasteiger partial charge in [-0.3, -0.25) is 0 Å². The van der Waals surface area contributed by atoms with Crippen LogP contribution in [0.5, 0.6) is 0 Å². The minimum Gasteiger partial charge on any atom is -0.466 e. The van der Waals surface area contributed by atoms with Gasteiger partial charge in [0.1, 0.15) is 27.3 Å². The van der Waals surface area contributed by atoms with E-state index in [9.17, 15) is 0 Å². The number of hydrogen-bond acceptors (Lipinski definition) is 2. The zero-order valence-corrected chi connectivity index (χ0v) is 26.7. The van der Waals surface area contributed by atoms with E-state index in [2.05, 4.69) is 119 Å². The second-order valence-corrected chi connectivity index (χ2v) is 24.7. The lowest BCUT2D eigenvalue weighted by Crippen LogP contribution is -2.55. The van der Waals surface area contributed by atoms with Crippen LogP contribution in [0.25, 0.3) is 32.7 Å². The van der Waals surface area contributed by atoms with E-state index in [0.717, 1.165) is 11.2 Å². The molecule has 0 atom stereocenters. The third kappa shape index (κ3) is 3.69. The van der Waals surface area contributed by atoms with E-state index in [4.69, 9.17) is 8.83 Å². The smallest absolute Gasteiger partial charge is 0.141 e. The molecular weight excluding hydrogens is 473 g/mol. The van der Waals surface area contributed by atoms with Gasteiger partial charge in [-0.1, -0.05) is 95.2 Å². The largest absolute Gasteiger partial charge is 0.466 e. The predicted octanol–water partition coefficient (Wildman–Crippen LogP) is 10.1. The molecule has 36 heavy (non-hydrogen) atoms. The third-order valence-electron chi connectivity index (χ3n) is 9.75. The Morgan fingerprint density at radius 3 is 0.972 bits per heavy atom. The summed E-state index contributed by atoms with van der Waals surface area (Å²) in [6.45, 7) is 28.8. The first kappa shape index (κ1) is 27.3. The molecule has 0 aliphatic rings. The lowest BCUT2D eigenvalue weighted by atomic mass is 10.1. The lowest BCUT2D eigenvalue weighted by molar-refractivity contribution is 0.634. The Kier molecular flexibility index (Phi) is 7.20. The summed E-state index contributed by atoms with van der Waals surface area (Å²) < 4.78 is 13.8. The van der Waals surface area contributed by atoms with Gasteiger partial charge in [0, 0.05) is 21.5 Å². The molecule has 2 aromatic heterocycles. The first-order valence-electron chi connectivity index (χ1n) is 14.2. The van der Waals surface area contributed by atoms with Crippen LogP contribution in [-0.2, 0) is 0 Å². The SMILES string of the molecule is CC(C)[Si](c1cc2ccc3c(ccc4cc([Si](C(C)C)(C(C)C)C(C)C)oc43)c2o1)(C(C)C)C(C)C. The molecule has 2 nitrogen and oxygen atoms in total.